The van der Waals surface area contributed by atoms with Crippen LogP contribution < -0.4 is 0 Å². The van der Waals surface area contributed by atoms with Crippen molar-refractivity contribution >= 4 is 12.0 Å². The fourth-order valence-electron chi connectivity index (χ4n) is 1.87. The number of carboxylic acids is 1. The predicted octanol–water partition coefficient (Wildman–Crippen LogP) is 1.02. The van der Waals surface area contributed by atoms with Crippen LogP contribution in [0.25, 0.3) is 0 Å². The zero-order chi connectivity index (χ0) is 12.1. The highest BCUT2D eigenvalue weighted by Gasteiger charge is 2.29. The Morgan fingerprint density at radius 3 is 2.88 bits per heavy atom. The van der Waals surface area contributed by atoms with Gasteiger partial charge in [0.25, 0.3) is 0 Å². The van der Waals surface area contributed by atoms with Gasteiger partial charge in [0, 0.05) is 26.7 Å². The van der Waals surface area contributed by atoms with Gasteiger partial charge in [-0.15, -0.1) is 6.58 Å². The number of hydrogen-bond acceptors (Lipinski definition) is 2. The number of carbonyl (C=O) groups is 2. The van der Waals surface area contributed by atoms with Gasteiger partial charge in [0.05, 0.1) is 5.92 Å². The second kappa shape index (κ2) is 5.53. The number of rotatable bonds is 3. The smallest absolute Gasteiger partial charge is 0.320 e. The third kappa shape index (κ3) is 2.98. The maximum Gasteiger partial charge on any atom is 0.320 e. The molecule has 1 aliphatic heterocycles. The highest BCUT2D eigenvalue weighted by Crippen LogP contribution is 2.17. The number of aliphatic carboxylic acids is 1. The monoisotopic (exact) mass is 226 g/mol. The van der Waals surface area contributed by atoms with Crippen molar-refractivity contribution in [1.82, 2.24) is 9.80 Å². The van der Waals surface area contributed by atoms with Gasteiger partial charge in [0.1, 0.15) is 0 Å². The van der Waals surface area contributed by atoms with E-state index < -0.39 is 11.9 Å². The van der Waals surface area contributed by atoms with E-state index in [-0.39, 0.29) is 6.03 Å². The summed E-state index contributed by atoms with van der Waals surface area (Å²) < 4.78 is 0. The van der Waals surface area contributed by atoms with Gasteiger partial charge in [0.2, 0.25) is 0 Å². The van der Waals surface area contributed by atoms with Crippen LogP contribution in [0.3, 0.4) is 0 Å². The number of carboxylic acid groups (broad SMARTS) is 1. The van der Waals surface area contributed by atoms with Crippen LogP contribution in [0.5, 0.6) is 0 Å². The Balaban J connectivity index is 2.56. The second-order valence-corrected chi connectivity index (χ2v) is 4.08. The summed E-state index contributed by atoms with van der Waals surface area (Å²) in [5.74, 6) is -1.24. The lowest BCUT2D eigenvalue weighted by atomic mass is 9.99. The number of piperidine rings is 1. The van der Waals surface area contributed by atoms with Crippen molar-refractivity contribution in [2.75, 3.05) is 26.7 Å². The molecular formula is C11H18N2O3. The SMILES string of the molecule is C=CCN(C)C(=O)N1CCC[C@H](C(=O)O)C1. The molecule has 1 aliphatic rings. The minimum Gasteiger partial charge on any atom is -0.481 e. The number of hydrogen-bond donors (Lipinski definition) is 1. The molecule has 1 N–H and O–H groups in total. The van der Waals surface area contributed by atoms with Crippen LogP contribution in [-0.4, -0.2) is 53.6 Å². The van der Waals surface area contributed by atoms with Crippen LogP contribution in [-0.2, 0) is 4.79 Å². The van der Waals surface area contributed by atoms with Gasteiger partial charge in [0.15, 0.2) is 0 Å². The number of likely N-dealkylation sites (tertiary alicyclic amines) is 1. The third-order valence-corrected chi connectivity index (χ3v) is 2.77. The van der Waals surface area contributed by atoms with E-state index in [1.807, 2.05) is 0 Å². The van der Waals surface area contributed by atoms with Gasteiger partial charge < -0.3 is 14.9 Å². The van der Waals surface area contributed by atoms with Crippen molar-refractivity contribution in [2.45, 2.75) is 12.8 Å². The van der Waals surface area contributed by atoms with E-state index in [0.29, 0.717) is 26.1 Å². The molecule has 0 saturated carbocycles. The summed E-state index contributed by atoms with van der Waals surface area (Å²) in [5, 5.41) is 8.91. The molecule has 2 amide bonds. The Labute approximate surface area is 95.3 Å². The van der Waals surface area contributed by atoms with Crippen LogP contribution in [0.1, 0.15) is 12.8 Å². The average Bonchev–Trinajstić information content (AvgIpc) is 2.28. The number of urea groups is 1. The van der Waals surface area contributed by atoms with E-state index in [4.69, 9.17) is 5.11 Å². The first-order valence-electron chi connectivity index (χ1n) is 5.40. The zero-order valence-electron chi connectivity index (χ0n) is 9.56. The first kappa shape index (κ1) is 12.5. The zero-order valence-corrected chi connectivity index (χ0v) is 9.56. The number of carbonyl (C=O) groups excluding carboxylic acids is 1. The van der Waals surface area contributed by atoms with E-state index in [1.54, 1.807) is 18.0 Å². The molecule has 0 aliphatic carbocycles. The van der Waals surface area contributed by atoms with Crippen LogP contribution in [0.2, 0.25) is 0 Å². The highest BCUT2D eigenvalue weighted by atomic mass is 16.4. The van der Waals surface area contributed by atoms with Gasteiger partial charge in [-0.25, -0.2) is 4.79 Å². The summed E-state index contributed by atoms with van der Waals surface area (Å²) in [5.41, 5.74) is 0. The largest absolute Gasteiger partial charge is 0.481 e. The first-order valence-corrected chi connectivity index (χ1v) is 5.40. The topological polar surface area (TPSA) is 60.9 Å². The molecule has 0 radical (unpaired) electrons. The van der Waals surface area contributed by atoms with Gasteiger partial charge in [-0.1, -0.05) is 6.08 Å². The normalized spacial score (nSPS) is 20.3. The summed E-state index contributed by atoms with van der Waals surface area (Å²) in [6, 6.07) is -0.120. The summed E-state index contributed by atoms with van der Waals surface area (Å²) in [7, 11) is 1.69. The maximum atomic E-state index is 11.9. The molecular weight excluding hydrogens is 208 g/mol. The Bertz CT molecular complexity index is 291. The van der Waals surface area contributed by atoms with E-state index in [9.17, 15) is 9.59 Å². The molecule has 5 heteroatoms. The molecule has 1 fully saturated rings. The van der Waals surface area contributed by atoms with Crippen molar-refractivity contribution in [3.63, 3.8) is 0 Å². The quantitative estimate of drug-likeness (QED) is 0.731. The number of nitrogens with zero attached hydrogens (tertiary/aromatic N) is 2. The summed E-state index contributed by atoms with van der Waals surface area (Å²) in [6.45, 7) is 5.00. The molecule has 1 heterocycles. The average molecular weight is 226 g/mol. The molecule has 0 aromatic carbocycles. The number of amides is 2. The van der Waals surface area contributed by atoms with Gasteiger partial charge in [-0.05, 0) is 12.8 Å². The van der Waals surface area contributed by atoms with E-state index >= 15 is 0 Å². The highest BCUT2D eigenvalue weighted by molar-refractivity contribution is 5.76. The molecule has 0 bridgehead atoms. The Morgan fingerprint density at radius 1 is 1.62 bits per heavy atom. The van der Waals surface area contributed by atoms with Crippen LogP contribution in [0, 0.1) is 5.92 Å². The molecule has 5 nitrogen and oxygen atoms in total. The minimum atomic E-state index is -0.816. The summed E-state index contributed by atoms with van der Waals surface area (Å²) in [4.78, 5) is 25.9. The van der Waals surface area contributed by atoms with Gasteiger partial charge >= 0.3 is 12.0 Å². The molecule has 1 atom stereocenters. The van der Waals surface area contributed by atoms with Crippen LogP contribution >= 0.6 is 0 Å². The third-order valence-electron chi connectivity index (χ3n) is 2.77. The van der Waals surface area contributed by atoms with Crippen molar-refractivity contribution in [3.05, 3.63) is 12.7 Å². The van der Waals surface area contributed by atoms with E-state index in [2.05, 4.69) is 6.58 Å². The molecule has 16 heavy (non-hydrogen) atoms. The second-order valence-electron chi connectivity index (χ2n) is 4.08. The van der Waals surface area contributed by atoms with Crippen molar-refractivity contribution in [2.24, 2.45) is 5.92 Å². The first-order chi connectivity index (χ1) is 7.56. The van der Waals surface area contributed by atoms with Crippen LogP contribution in [0.4, 0.5) is 4.79 Å². The van der Waals surface area contributed by atoms with Gasteiger partial charge in [-0.2, -0.15) is 0 Å². The molecule has 90 valence electrons. The lowest BCUT2D eigenvalue weighted by Crippen LogP contribution is -2.47. The van der Waals surface area contributed by atoms with Crippen molar-refractivity contribution in [1.29, 1.82) is 0 Å². The Kier molecular flexibility index (Phi) is 4.34. The predicted molar refractivity (Wildman–Crippen MR) is 60.2 cm³/mol. The molecule has 0 aromatic rings. The maximum absolute atomic E-state index is 11.9. The molecule has 0 aromatic heterocycles. The summed E-state index contributed by atoms with van der Waals surface area (Å²) in [6.07, 6.45) is 3.06. The molecule has 0 unspecified atom stereocenters. The summed E-state index contributed by atoms with van der Waals surface area (Å²) >= 11 is 0. The van der Waals surface area contributed by atoms with E-state index in [0.717, 1.165) is 6.42 Å². The Morgan fingerprint density at radius 2 is 2.31 bits per heavy atom. The van der Waals surface area contributed by atoms with Crippen molar-refractivity contribution in [3.8, 4) is 0 Å². The lowest BCUT2D eigenvalue weighted by molar-refractivity contribution is -0.143. The molecule has 1 rings (SSSR count). The minimum absolute atomic E-state index is 0.120. The fourth-order valence-corrected chi connectivity index (χ4v) is 1.87. The van der Waals surface area contributed by atoms with Gasteiger partial charge in [-0.3, -0.25) is 4.79 Å². The van der Waals surface area contributed by atoms with Crippen LogP contribution in [0.15, 0.2) is 12.7 Å². The number of likely N-dealkylation sites (N-methyl/N-ethyl adjacent to an activating group) is 1. The molecule has 0 spiro atoms. The van der Waals surface area contributed by atoms with Crippen molar-refractivity contribution < 1.29 is 14.7 Å². The standard InChI is InChI=1S/C11H18N2O3/c1-3-6-12(2)11(16)13-7-4-5-9(8-13)10(14)15/h3,9H,1,4-8H2,2H3,(H,14,15)/t9-/m0/s1. The Hall–Kier alpha value is -1.52. The lowest BCUT2D eigenvalue weighted by Gasteiger charge is -2.33. The fraction of sp³-hybridized carbons (Fsp3) is 0.636. The molecule has 1 saturated heterocycles. The van der Waals surface area contributed by atoms with E-state index in [1.165, 1.54) is 4.90 Å².